The second-order valence-electron chi connectivity index (χ2n) is 4.93. The summed E-state index contributed by atoms with van der Waals surface area (Å²) in [6, 6.07) is 3.53. The molecule has 0 bridgehead atoms. The van der Waals surface area contributed by atoms with Gasteiger partial charge in [-0.2, -0.15) is 0 Å². The summed E-state index contributed by atoms with van der Waals surface area (Å²) >= 11 is 3.35. The van der Waals surface area contributed by atoms with Crippen LogP contribution in [0.15, 0.2) is 16.6 Å². The van der Waals surface area contributed by atoms with E-state index in [1.54, 1.807) is 17.0 Å². The molecule has 1 aliphatic rings. The van der Waals surface area contributed by atoms with E-state index in [2.05, 4.69) is 15.9 Å². The predicted molar refractivity (Wildman–Crippen MR) is 79.3 cm³/mol. The van der Waals surface area contributed by atoms with Gasteiger partial charge in [0.05, 0.1) is 13.0 Å². The van der Waals surface area contributed by atoms with Crippen molar-refractivity contribution in [3.63, 3.8) is 0 Å². The first-order valence-corrected chi connectivity index (χ1v) is 7.16. The minimum Gasteiger partial charge on any atom is -0.469 e. The Kier molecular flexibility index (Phi) is 4.32. The summed E-state index contributed by atoms with van der Waals surface area (Å²) in [6.07, 6.45) is 0.640. The number of rotatable bonds is 2. The molecule has 0 spiro atoms. The van der Waals surface area contributed by atoms with Crippen LogP contribution in [0.2, 0.25) is 0 Å². The third-order valence-electron chi connectivity index (χ3n) is 3.65. The fourth-order valence-corrected chi connectivity index (χ4v) is 2.87. The molecule has 1 heterocycles. The number of esters is 1. The fourth-order valence-electron chi connectivity index (χ4n) is 2.40. The number of carbonyl (C=O) groups is 2. The van der Waals surface area contributed by atoms with Crippen molar-refractivity contribution >= 4 is 33.5 Å². The SMILES string of the molecule is COC(=O)C1CCN(C(=O)c2cc(Br)cc(N)c2C)C1. The average molecular weight is 341 g/mol. The molecule has 6 heteroatoms. The number of methoxy groups -OCH3 is 1. The van der Waals surface area contributed by atoms with Gasteiger partial charge in [0.15, 0.2) is 0 Å². The molecule has 0 aromatic heterocycles. The molecule has 1 saturated heterocycles. The number of ether oxygens (including phenoxy) is 1. The predicted octanol–water partition coefficient (Wildman–Crippen LogP) is 1.97. The van der Waals surface area contributed by atoms with Crippen LogP contribution in [0.4, 0.5) is 5.69 Å². The molecule has 2 rings (SSSR count). The molecule has 20 heavy (non-hydrogen) atoms. The summed E-state index contributed by atoms with van der Waals surface area (Å²) in [5, 5.41) is 0. The molecule has 1 atom stereocenters. The van der Waals surface area contributed by atoms with E-state index in [0.717, 1.165) is 10.0 Å². The number of hydrogen-bond acceptors (Lipinski definition) is 4. The van der Waals surface area contributed by atoms with Gasteiger partial charge in [-0.15, -0.1) is 0 Å². The third kappa shape index (κ3) is 2.80. The molecular weight excluding hydrogens is 324 g/mol. The van der Waals surface area contributed by atoms with E-state index >= 15 is 0 Å². The third-order valence-corrected chi connectivity index (χ3v) is 4.11. The number of carbonyl (C=O) groups excluding carboxylic acids is 2. The van der Waals surface area contributed by atoms with Crippen LogP contribution < -0.4 is 5.73 Å². The quantitative estimate of drug-likeness (QED) is 0.659. The van der Waals surface area contributed by atoms with E-state index in [0.29, 0.717) is 30.8 Å². The average Bonchev–Trinajstić information content (AvgIpc) is 2.90. The van der Waals surface area contributed by atoms with E-state index in [-0.39, 0.29) is 17.8 Å². The highest BCUT2D eigenvalue weighted by molar-refractivity contribution is 9.10. The topological polar surface area (TPSA) is 72.6 Å². The Morgan fingerprint density at radius 2 is 2.15 bits per heavy atom. The van der Waals surface area contributed by atoms with Gasteiger partial charge >= 0.3 is 5.97 Å². The normalized spacial score (nSPS) is 18.1. The number of nitrogens with zero attached hydrogens (tertiary/aromatic N) is 1. The number of anilines is 1. The molecule has 1 unspecified atom stereocenters. The van der Waals surface area contributed by atoms with Crippen molar-refractivity contribution in [2.75, 3.05) is 25.9 Å². The molecule has 5 nitrogen and oxygen atoms in total. The Hall–Kier alpha value is -1.56. The lowest BCUT2D eigenvalue weighted by atomic mass is 10.1. The van der Waals surface area contributed by atoms with E-state index in [9.17, 15) is 9.59 Å². The zero-order valence-corrected chi connectivity index (χ0v) is 13.1. The first kappa shape index (κ1) is 14.8. The van der Waals surface area contributed by atoms with Gasteiger partial charge in [0.2, 0.25) is 0 Å². The molecule has 1 fully saturated rings. The fraction of sp³-hybridized carbons (Fsp3) is 0.429. The number of nitrogens with two attached hydrogens (primary N) is 1. The van der Waals surface area contributed by atoms with Gasteiger partial charge in [-0.3, -0.25) is 9.59 Å². The van der Waals surface area contributed by atoms with Crippen molar-refractivity contribution in [1.82, 2.24) is 4.90 Å². The molecule has 1 aromatic carbocycles. The second kappa shape index (κ2) is 5.83. The van der Waals surface area contributed by atoms with Crippen molar-refractivity contribution in [1.29, 1.82) is 0 Å². The van der Waals surface area contributed by atoms with Crippen molar-refractivity contribution in [2.24, 2.45) is 5.92 Å². The van der Waals surface area contributed by atoms with Crippen LogP contribution in [0, 0.1) is 12.8 Å². The van der Waals surface area contributed by atoms with Gasteiger partial charge in [-0.25, -0.2) is 0 Å². The molecule has 0 aliphatic carbocycles. The zero-order chi connectivity index (χ0) is 14.9. The van der Waals surface area contributed by atoms with Crippen LogP contribution in [0.1, 0.15) is 22.3 Å². The highest BCUT2D eigenvalue weighted by Crippen LogP contribution is 2.26. The Morgan fingerprint density at radius 1 is 1.45 bits per heavy atom. The molecular formula is C14H17BrN2O3. The number of nitrogen functional groups attached to an aromatic ring is 1. The minimum atomic E-state index is -0.259. The summed E-state index contributed by atoms with van der Waals surface area (Å²) in [6.45, 7) is 2.78. The summed E-state index contributed by atoms with van der Waals surface area (Å²) in [5.41, 5.74) is 7.79. The van der Waals surface area contributed by atoms with Crippen LogP contribution >= 0.6 is 15.9 Å². The van der Waals surface area contributed by atoms with Gasteiger partial charge in [0.25, 0.3) is 5.91 Å². The lowest BCUT2D eigenvalue weighted by molar-refractivity contribution is -0.144. The lowest BCUT2D eigenvalue weighted by Gasteiger charge is -2.18. The first-order valence-electron chi connectivity index (χ1n) is 6.36. The van der Waals surface area contributed by atoms with Gasteiger partial charge in [-0.05, 0) is 31.0 Å². The highest BCUT2D eigenvalue weighted by Gasteiger charge is 2.32. The van der Waals surface area contributed by atoms with Crippen LogP contribution in [0.25, 0.3) is 0 Å². The Morgan fingerprint density at radius 3 is 2.80 bits per heavy atom. The monoisotopic (exact) mass is 340 g/mol. The number of likely N-dealkylation sites (tertiary alicyclic amines) is 1. The second-order valence-corrected chi connectivity index (χ2v) is 5.84. The van der Waals surface area contributed by atoms with Crippen molar-refractivity contribution in [3.05, 3.63) is 27.7 Å². The molecule has 2 N–H and O–H groups in total. The summed E-state index contributed by atoms with van der Waals surface area (Å²) in [7, 11) is 1.37. The Labute approximate surface area is 126 Å². The van der Waals surface area contributed by atoms with Crippen LogP contribution in [-0.4, -0.2) is 37.0 Å². The van der Waals surface area contributed by atoms with E-state index < -0.39 is 0 Å². The van der Waals surface area contributed by atoms with E-state index in [4.69, 9.17) is 10.5 Å². The summed E-state index contributed by atoms with van der Waals surface area (Å²) < 4.78 is 5.50. The van der Waals surface area contributed by atoms with Gasteiger partial charge in [-0.1, -0.05) is 15.9 Å². The van der Waals surface area contributed by atoms with E-state index in [1.807, 2.05) is 6.92 Å². The number of amides is 1. The van der Waals surface area contributed by atoms with Gasteiger partial charge in [0.1, 0.15) is 0 Å². The molecule has 1 aromatic rings. The number of halogens is 1. The highest BCUT2D eigenvalue weighted by atomic mass is 79.9. The van der Waals surface area contributed by atoms with Crippen molar-refractivity contribution < 1.29 is 14.3 Å². The number of benzene rings is 1. The maximum atomic E-state index is 12.5. The molecule has 1 aliphatic heterocycles. The van der Waals surface area contributed by atoms with Crippen LogP contribution in [0.5, 0.6) is 0 Å². The summed E-state index contributed by atoms with van der Waals surface area (Å²) in [5.74, 6) is -0.582. The zero-order valence-electron chi connectivity index (χ0n) is 11.5. The molecule has 0 radical (unpaired) electrons. The van der Waals surface area contributed by atoms with Crippen LogP contribution in [0.3, 0.4) is 0 Å². The smallest absolute Gasteiger partial charge is 0.310 e. The number of hydrogen-bond donors (Lipinski definition) is 1. The standard InChI is InChI=1S/C14H17BrN2O3/c1-8-11(5-10(15)6-12(8)16)13(18)17-4-3-9(7-17)14(19)20-2/h5-6,9H,3-4,7,16H2,1-2H3. The van der Waals surface area contributed by atoms with Gasteiger partial charge in [0, 0.05) is 28.8 Å². The lowest BCUT2D eigenvalue weighted by Crippen LogP contribution is -2.30. The molecule has 1 amide bonds. The van der Waals surface area contributed by atoms with Crippen molar-refractivity contribution in [3.8, 4) is 0 Å². The maximum absolute atomic E-state index is 12.5. The Balaban J connectivity index is 2.19. The van der Waals surface area contributed by atoms with E-state index in [1.165, 1.54) is 7.11 Å². The minimum absolute atomic E-state index is 0.0955. The Bertz CT molecular complexity index is 560. The first-order chi connectivity index (χ1) is 9.43. The van der Waals surface area contributed by atoms with Crippen LogP contribution in [-0.2, 0) is 9.53 Å². The molecule has 0 saturated carbocycles. The molecule has 108 valence electrons. The maximum Gasteiger partial charge on any atom is 0.310 e. The van der Waals surface area contributed by atoms with Crippen molar-refractivity contribution in [2.45, 2.75) is 13.3 Å². The largest absolute Gasteiger partial charge is 0.469 e. The van der Waals surface area contributed by atoms with Gasteiger partial charge < -0.3 is 15.4 Å². The summed E-state index contributed by atoms with van der Waals surface area (Å²) in [4.78, 5) is 25.7.